The molecule has 0 spiro atoms. The average molecular weight is 328 g/mol. The largest absolute Gasteiger partial charge is 0.394 e. The molecule has 1 saturated heterocycles. The summed E-state index contributed by atoms with van der Waals surface area (Å²) in [5.41, 5.74) is -0.915. The molecule has 23 heavy (non-hydrogen) atoms. The van der Waals surface area contributed by atoms with Gasteiger partial charge < -0.3 is 10.2 Å². The predicted octanol–water partition coefficient (Wildman–Crippen LogP) is 2.61. The number of likely N-dealkylation sites (tertiary alicyclic amines) is 1. The van der Waals surface area contributed by atoms with Crippen LogP contribution in [0.25, 0.3) is 0 Å². The molecule has 0 aromatic heterocycles. The first-order chi connectivity index (χ1) is 10.6. The Morgan fingerprint density at radius 2 is 1.87 bits per heavy atom. The van der Waals surface area contributed by atoms with Crippen LogP contribution in [0.3, 0.4) is 0 Å². The van der Waals surface area contributed by atoms with Gasteiger partial charge in [-0.1, -0.05) is 18.2 Å². The number of hydrogen-bond acceptors (Lipinski definition) is 2. The maximum atomic E-state index is 13.0. The van der Waals surface area contributed by atoms with Crippen LogP contribution in [0.2, 0.25) is 0 Å². The van der Waals surface area contributed by atoms with Crippen molar-refractivity contribution in [1.82, 2.24) is 10.2 Å². The Bertz CT molecular complexity index is 585. The van der Waals surface area contributed by atoms with Crippen molar-refractivity contribution >= 4 is 11.8 Å². The molecule has 1 N–H and O–H groups in total. The van der Waals surface area contributed by atoms with Gasteiger partial charge in [0.2, 0.25) is 5.91 Å². The smallest absolute Gasteiger partial charge is 0.343 e. The number of halogens is 3. The molecule has 1 fully saturated rings. The second kappa shape index (κ2) is 6.22. The number of nitrogens with zero attached hydrogens (tertiary/aromatic N) is 1. The van der Waals surface area contributed by atoms with Gasteiger partial charge in [-0.3, -0.25) is 9.59 Å². The lowest BCUT2D eigenvalue weighted by molar-refractivity contribution is -0.192. The first kappa shape index (κ1) is 17.3. The lowest BCUT2D eigenvalue weighted by Gasteiger charge is -2.36. The Kier molecular flexibility index (Phi) is 4.68. The van der Waals surface area contributed by atoms with E-state index < -0.39 is 29.4 Å². The topological polar surface area (TPSA) is 49.4 Å². The van der Waals surface area contributed by atoms with Crippen LogP contribution in [-0.2, 0) is 4.79 Å². The summed E-state index contributed by atoms with van der Waals surface area (Å²) in [4.78, 5) is 25.3. The Balaban J connectivity index is 1.98. The van der Waals surface area contributed by atoms with Crippen LogP contribution in [0.15, 0.2) is 30.3 Å². The van der Waals surface area contributed by atoms with Gasteiger partial charge in [0.15, 0.2) is 0 Å². The van der Waals surface area contributed by atoms with Crippen molar-refractivity contribution in [3.63, 3.8) is 0 Å². The minimum atomic E-state index is -4.34. The van der Waals surface area contributed by atoms with Crippen LogP contribution < -0.4 is 5.32 Å². The maximum absolute atomic E-state index is 13.0. The molecule has 126 valence electrons. The normalized spacial score (nSPS) is 20.4. The predicted molar refractivity (Wildman–Crippen MR) is 78.7 cm³/mol. The molecule has 0 bridgehead atoms. The van der Waals surface area contributed by atoms with E-state index in [0.717, 1.165) is 0 Å². The number of benzene rings is 1. The van der Waals surface area contributed by atoms with Crippen molar-refractivity contribution in [2.75, 3.05) is 13.1 Å². The zero-order valence-electron chi connectivity index (χ0n) is 13.0. The van der Waals surface area contributed by atoms with Crippen molar-refractivity contribution in [1.29, 1.82) is 0 Å². The van der Waals surface area contributed by atoms with Crippen LogP contribution in [0, 0.1) is 5.92 Å². The van der Waals surface area contributed by atoms with E-state index in [1.54, 1.807) is 30.3 Å². The second-order valence-electron chi connectivity index (χ2n) is 6.13. The molecule has 0 saturated carbocycles. The van der Waals surface area contributed by atoms with Crippen LogP contribution in [0.5, 0.6) is 0 Å². The van der Waals surface area contributed by atoms with E-state index >= 15 is 0 Å². The molecule has 2 rings (SSSR count). The molecule has 0 aliphatic carbocycles. The molecule has 0 unspecified atom stereocenters. The van der Waals surface area contributed by atoms with E-state index in [4.69, 9.17) is 0 Å². The molecule has 4 nitrogen and oxygen atoms in total. The first-order valence-corrected chi connectivity index (χ1v) is 7.34. The van der Waals surface area contributed by atoms with E-state index in [0.29, 0.717) is 5.56 Å². The summed E-state index contributed by atoms with van der Waals surface area (Å²) in [6.45, 7) is 2.54. The number of hydrogen-bond donors (Lipinski definition) is 1. The minimum absolute atomic E-state index is 0.0389. The zero-order valence-corrected chi connectivity index (χ0v) is 13.0. The average Bonchev–Trinajstić information content (AvgIpc) is 2.80. The fraction of sp³-hybridized carbons (Fsp3) is 0.500. The van der Waals surface area contributed by atoms with Gasteiger partial charge in [-0.2, -0.15) is 13.2 Å². The summed E-state index contributed by atoms with van der Waals surface area (Å²) in [6.07, 6.45) is -4.46. The number of alkyl halides is 3. The summed E-state index contributed by atoms with van der Waals surface area (Å²) in [5.74, 6) is -2.49. The summed E-state index contributed by atoms with van der Waals surface area (Å²) in [5, 5.41) is 2.46. The minimum Gasteiger partial charge on any atom is -0.343 e. The fourth-order valence-corrected chi connectivity index (χ4v) is 3.04. The molecule has 0 radical (unpaired) electrons. The molecular formula is C16H19F3N2O2. The molecule has 1 atom stereocenters. The Labute approximate surface area is 132 Å². The number of amides is 2. The summed E-state index contributed by atoms with van der Waals surface area (Å²) < 4.78 is 39.1. The lowest BCUT2D eigenvalue weighted by Crippen LogP contribution is -2.52. The van der Waals surface area contributed by atoms with Crippen molar-refractivity contribution in [2.24, 2.45) is 5.92 Å². The highest BCUT2D eigenvalue weighted by atomic mass is 19.4. The third-order valence-corrected chi connectivity index (χ3v) is 4.32. The monoisotopic (exact) mass is 328 g/mol. The number of carbonyl (C=O) groups is 2. The van der Waals surface area contributed by atoms with Gasteiger partial charge in [0.25, 0.3) is 5.91 Å². The van der Waals surface area contributed by atoms with Gasteiger partial charge in [0, 0.05) is 17.6 Å². The van der Waals surface area contributed by atoms with Crippen molar-refractivity contribution in [3.05, 3.63) is 35.9 Å². The summed E-state index contributed by atoms with van der Waals surface area (Å²) in [6, 6.07) is 8.33. The highest BCUT2D eigenvalue weighted by Crippen LogP contribution is 2.44. The van der Waals surface area contributed by atoms with Gasteiger partial charge in [0.1, 0.15) is 0 Å². The third-order valence-electron chi connectivity index (χ3n) is 4.32. The molecule has 2 amide bonds. The Morgan fingerprint density at radius 3 is 2.39 bits per heavy atom. The SMILES string of the molecule is CC1(C)[C@H](C(F)(F)F)CCN1C(=O)CNC(=O)c1ccccc1. The molecule has 1 aromatic rings. The molecule has 1 aliphatic heterocycles. The lowest BCUT2D eigenvalue weighted by atomic mass is 9.88. The van der Waals surface area contributed by atoms with E-state index in [9.17, 15) is 22.8 Å². The highest BCUT2D eigenvalue weighted by Gasteiger charge is 2.56. The number of carbonyl (C=O) groups excluding carboxylic acids is 2. The van der Waals surface area contributed by atoms with E-state index in [1.807, 2.05) is 0 Å². The van der Waals surface area contributed by atoms with Crippen molar-refractivity contribution in [3.8, 4) is 0 Å². The molecule has 1 aliphatic rings. The van der Waals surface area contributed by atoms with Crippen LogP contribution in [-0.4, -0.2) is 41.5 Å². The molecular weight excluding hydrogens is 309 g/mol. The van der Waals surface area contributed by atoms with Crippen LogP contribution in [0.1, 0.15) is 30.6 Å². The van der Waals surface area contributed by atoms with E-state index in [2.05, 4.69) is 5.32 Å². The summed E-state index contributed by atoms with van der Waals surface area (Å²) in [7, 11) is 0. The quantitative estimate of drug-likeness (QED) is 0.927. The maximum Gasteiger partial charge on any atom is 0.394 e. The van der Waals surface area contributed by atoms with Gasteiger partial charge in [-0.25, -0.2) is 0 Å². The van der Waals surface area contributed by atoms with E-state index in [1.165, 1.54) is 18.7 Å². The Morgan fingerprint density at radius 1 is 1.26 bits per heavy atom. The van der Waals surface area contributed by atoms with E-state index in [-0.39, 0.29) is 19.5 Å². The number of rotatable bonds is 3. The molecule has 1 aromatic carbocycles. The number of nitrogens with one attached hydrogen (secondary N) is 1. The van der Waals surface area contributed by atoms with Gasteiger partial charge in [0.05, 0.1) is 12.5 Å². The van der Waals surface area contributed by atoms with Gasteiger partial charge in [-0.15, -0.1) is 0 Å². The second-order valence-corrected chi connectivity index (χ2v) is 6.13. The van der Waals surface area contributed by atoms with Crippen LogP contribution >= 0.6 is 0 Å². The van der Waals surface area contributed by atoms with Crippen molar-refractivity contribution < 1.29 is 22.8 Å². The molecule has 7 heteroatoms. The first-order valence-electron chi connectivity index (χ1n) is 7.34. The zero-order chi connectivity index (χ0) is 17.3. The summed E-state index contributed by atoms with van der Waals surface area (Å²) >= 11 is 0. The van der Waals surface area contributed by atoms with Crippen molar-refractivity contribution in [2.45, 2.75) is 32.0 Å². The standard InChI is InChI=1S/C16H19F3N2O2/c1-15(2)12(16(17,18)19)8-9-21(15)13(22)10-20-14(23)11-6-4-3-5-7-11/h3-7,12H,8-10H2,1-2H3,(H,20,23)/t12-/m1/s1. The third kappa shape index (κ3) is 3.65. The Hall–Kier alpha value is -2.05. The van der Waals surface area contributed by atoms with Gasteiger partial charge >= 0.3 is 6.18 Å². The molecule has 1 heterocycles. The van der Waals surface area contributed by atoms with Gasteiger partial charge in [-0.05, 0) is 32.4 Å². The fourth-order valence-electron chi connectivity index (χ4n) is 3.04. The van der Waals surface area contributed by atoms with Crippen LogP contribution in [0.4, 0.5) is 13.2 Å². The highest BCUT2D eigenvalue weighted by molar-refractivity contribution is 5.96.